The summed E-state index contributed by atoms with van der Waals surface area (Å²) in [6.45, 7) is 3.10. The molecule has 7 nitrogen and oxygen atoms in total. The smallest absolute Gasteiger partial charge is 0.307 e. The second kappa shape index (κ2) is 7.21. The van der Waals surface area contributed by atoms with Crippen molar-refractivity contribution in [3.63, 3.8) is 0 Å². The first-order chi connectivity index (χ1) is 7.54. The third kappa shape index (κ3) is 4.68. The van der Waals surface area contributed by atoms with Crippen LogP contribution in [0.25, 0.3) is 0 Å². The van der Waals surface area contributed by atoms with E-state index in [4.69, 9.17) is 0 Å². The zero-order valence-corrected chi connectivity index (χ0v) is 10.2. The van der Waals surface area contributed by atoms with Gasteiger partial charge in [0.05, 0.1) is 45.7 Å². The number of hydrogen-bond acceptors (Lipinski definition) is 5. The molecule has 1 fully saturated rings. The van der Waals surface area contributed by atoms with Crippen LogP contribution in [-0.4, -0.2) is 68.7 Å². The summed E-state index contributed by atoms with van der Waals surface area (Å²) in [5, 5.41) is 11.0. The van der Waals surface area contributed by atoms with E-state index >= 15 is 0 Å². The minimum Gasteiger partial charge on any atom is -0.548 e. The zero-order valence-electron chi connectivity index (χ0n) is 10.2. The molecular weight excluding hydrogens is 228 g/mol. The van der Waals surface area contributed by atoms with Crippen LogP contribution in [0.2, 0.25) is 0 Å². The fourth-order valence-corrected chi connectivity index (χ4v) is 1.82. The van der Waals surface area contributed by atoms with Crippen LogP contribution in [0.15, 0.2) is 0 Å². The Morgan fingerprint density at radius 3 is 2.35 bits per heavy atom. The normalized spacial score (nSPS) is 19.2. The molecular formula is C10H20N2O5. The highest BCUT2D eigenvalue weighted by Crippen LogP contribution is 2.05. The van der Waals surface area contributed by atoms with Crippen LogP contribution in [0.1, 0.15) is 6.42 Å². The van der Waals surface area contributed by atoms with E-state index in [0.717, 1.165) is 13.1 Å². The lowest BCUT2D eigenvalue weighted by molar-refractivity contribution is -0.884. The molecule has 0 unspecified atom stereocenters. The highest BCUT2D eigenvalue weighted by atomic mass is 16.5. The van der Waals surface area contributed by atoms with Gasteiger partial charge in [0.2, 0.25) is 0 Å². The number of nitrogens with one attached hydrogen (secondary N) is 1. The summed E-state index contributed by atoms with van der Waals surface area (Å²) < 4.78 is 4.48. The van der Waals surface area contributed by atoms with Crippen molar-refractivity contribution in [2.24, 2.45) is 0 Å². The number of nitrogens with zero attached hydrogens (tertiary/aromatic N) is 1. The Morgan fingerprint density at radius 2 is 1.94 bits per heavy atom. The number of carbonyl (C=O) groups excluding carboxylic acids is 2. The van der Waals surface area contributed by atoms with E-state index in [1.165, 1.54) is 12.0 Å². The Balaban J connectivity index is 0.00000256. The number of likely N-dealkylation sites (N-methyl/N-ethyl adjacent to an activating group) is 1. The number of methoxy groups -OCH3 is 1. The number of carbonyl (C=O) groups is 2. The lowest BCUT2D eigenvalue weighted by Gasteiger charge is -2.36. The van der Waals surface area contributed by atoms with Crippen LogP contribution in [0.3, 0.4) is 0 Å². The molecule has 0 amide bonds. The van der Waals surface area contributed by atoms with Crippen molar-refractivity contribution in [2.45, 2.75) is 12.5 Å². The number of esters is 1. The van der Waals surface area contributed by atoms with E-state index in [1.54, 1.807) is 4.90 Å². The highest BCUT2D eigenvalue weighted by molar-refractivity contribution is 5.80. The number of piperazine rings is 1. The van der Waals surface area contributed by atoms with Crippen LogP contribution in [-0.2, 0) is 14.3 Å². The van der Waals surface area contributed by atoms with Crippen molar-refractivity contribution in [2.75, 3.05) is 40.3 Å². The van der Waals surface area contributed by atoms with Crippen LogP contribution in [0.4, 0.5) is 0 Å². The molecule has 0 bridgehead atoms. The van der Waals surface area contributed by atoms with Gasteiger partial charge in [-0.15, -0.1) is 0 Å². The number of rotatable bonds is 4. The first-order valence-electron chi connectivity index (χ1n) is 5.37. The highest BCUT2D eigenvalue weighted by Gasteiger charge is 2.27. The largest absolute Gasteiger partial charge is 0.548 e. The summed E-state index contributed by atoms with van der Waals surface area (Å²) in [5.41, 5.74) is 0. The number of hydrogen-bond donors (Lipinski definition) is 1. The van der Waals surface area contributed by atoms with Gasteiger partial charge in [0, 0.05) is 13.1 Å². The molecule has 0 spiro atoms. The molecule has 0 aromatic rings. The lowest BCUT2D eigenvalue weighted by atomic mass is 10.1. The van der Waals surface area contributed by atoms with E-state index in [2.05, 4.69) is 11.8 Å². The Bertz CT molecular complexity index is 263. The van der Waals surface area contributed by atoms with Crippen molar-refractivity contribution in [3.8, 4) is 0 Å². The van der Waals surface area contributed by atoms with Gasteiger partial charge in [0.25, 0.3) is 0 Å². The topological polar surface area (TPSA) is 106 Å². The average Bonchev–Trinajstić information content (AvgIpc) is 2.26. The molecule has 1 atom stereocenters. The molecule has 100 valence electrons. The van der Waals surface area contributed by atoms with Crippen molar-refractivity contribution >= 4 is 11.9 Å². The summed E-state index contributed by atoms with van der Waals surface area (Å²) in [6, 6.07) is -0.861. The number of quaternary nitrogens is 1. The van der Waals surface area contributed by atoms with Gasteiger partial charge in [-0.2, -0.15) is 0 Å². The molecule has 1 aliphatic rings. The summed E-state index contributed by atoms with van der Waals surface area (Å²) in [7, 11) is 3.31. The van der Waals surface area contributed by atoms with Crippen molar-refractivity contribution in [3.05, 3.63) is 0 Å². The molecule has 0 radical (unpaired) electrons. The molecule has 3 N–H and O–H groups in total. The first kappa shape index (κ1) is 15.8. The summed E-state index contributed by atoms with van der Waals surface area (Å²) in [4.78, 5) is 25.2. The van der Waals surface area contributed by atoms with Crippen molar-refractivity contribution < 1.29 is 29.8 Å². The zero-order chi connectivity index (χ0) is 12.1. The minimum atomic E-state index is -1.20. The van der Waals surface area contributed by atoms with E-state index in [0.29, 0.717) is 13.1 Å². The quantitative estimate of drug-likeness (QED) is 0.506. The van der Waals surface area contributed by atoms with Crippen LogP contribution in [0.5, 0.6) is 0 Å². The number of aliphatic carboxylic acids is 1. The Morgan fingerprint density at radius 1 is 1.41 bits per heavy atom. The molecule has 7 heteroatoms. The molecule has 0 saturated carbocycles. The standard InChI is InChI=1S/C10H18N2O4.H2O/c1-11-3-5-12(6-4-11)8(10(14)15)7-9(13)16-2;/h8H,3-7H2,1-2H3,(H,14,15);1H2/t8-;/m1./s1. The maximum atomic E-state index is 11.1. The lowest BCUT2D eigenvalue weighted by Crippen LogP contribution is -3.12. The molecule has 17 heavy (non-hydrogen) atoms. The fourth-order valence-electron chi connectivity index (χ4n) is 1.82. The summed E-state index contributed by atoms with van der Waals surface area (Å²) in [6.07, 6.45) is -0.141. The summed E-state index contributed by atoms with van der Waals surface area (Å²) in [5.74, 6) is -1.72. The van der Waals surface area contributed by atoms with Gasteiger partial charge < -0.3 is 25.0 Å². The van der Waals surface area contributed by atoms with Crippen LogP contribution < -0.4 is 10.0 Å². The Kier molecular flexibility index (Phi) is 6.71. The van der Waals surface area contributed by atoms with Crippen LogP contribution >= 0.6 is 0 Å². The van der Waals surface area contributed by atoms with Gasteiger partial charge in [-0.25, -0.2) is 0 Å². The predicted molar refractivity (Wildman–Crippen MR) is 57.2 cm³/mol. The second-order valence-corrected chi connectivity index (χ2v) is 4.11. The van der Waals surface area contributed by atoms with Crippen molar-refractivity contribution in [1.82, 2.24) is 4.90 Å². The fraction of sp³-hybridized carbons (Fsp3) is 0.800. The van der Waals surface area contributed by atoms with Gasteiger partial charge in [-0.1, -0.05) is 0 Å². The molecule has 0 aromatic carbocycles. The maximum Gasteiger partial charge on any atom is 0.307 e. The SMILES string of the molecule is COC(=O)C[C@H](C(=O)[O-])N1CC[NH+](C)CC1.O. The monoisotopic (exact) mass is 248 g/mol. The number of carboxylic acids is 1. The van der Waals surface area contributed by atoms with E-state index in [-0.39, 0.29) is 11.9 Å². The third-order valence-corrected chi connectivity index (χ3v) is 2.95. The first-order valence-corrected chi connectivity index (χ1v) is 5.37. The van der Waals surface area contributed by atoms with Gasteiger partial charge in [-0.3, -0.25) is 9.69 Å². The van der Waals surface area contributed by atoms with Gasteiger partial charge in [0.15, 0.2) is 0 Å². The second-order valence-electron chi connectivity index (χ2n) is 4.11. The maximum absolute atomic E-state index is 11.1. The average molecular weight is 248 g/mol. The molecule has 1 heterocycles. The predicted octanol–water partition coefficient (Wildman–Crippen LogP) is -4.33. The minimum absolute atomic E-state index is 0. The number of ether oxygens (including phenoxy) is 1. The van der Waals surface area contributed by atoms with E-state index in [1.807, 2.05) is 0 Å². The van der Waals surface area contributed by atoms with Crippen molar-refractivity contribution in [1.29, 1.82) is 0 Å². The van der Waals surface area contributed by atoms with Gasteiger partial charge in [0.1, 0.15) is 0 Å². The molecule has 0 aromatic heterocycles. The Labute approximate surface area is 100 Å². The number of carboxylic acid groups (broad SMARTS) is 1. The molecule has 1 saturated heterocycles. The van der Waals surface area contributed by atoms with Crippen LogP contribution in [0, 0.1) is 0 Å². The molecule has 1 rings (SSSR count). The summed E-state index contributed by atoms with van der Waals surface area (Å²) >= 11 is 0. The molecule has 0 aliphatic carbocycles. The van der Waals surface area contributed by atoms with E-state index in [9.17, 15) is 14.7 Å². The third-order valence-electron chi connectivity index (χ3n) is 2.95. The van der Waals surface area contributed by atoms with E-state index < -0.39 is 18.0 Å². The van der Waals surface area contributed by atoms with Gasteiger partial charge >= 0.3 is 5.97 Å². The molecule has 1 aliphatic heterocycles. The van der Waals surface area contributed by atoms with Gasteiger partial charge in [-0.05, 0) is 0 Å². The Hall–Kier alpha value is -1.18.